The van der Waals surface area contributed by atoms with E-state index in [9.17, 15) is 0 Å². The Labute approximate surface area is 178 Å². The van der Waals surface area contributed by atoms with Crippen LogP contribution in [0.15, 0.2) is 60.7 Å². The maximum atomic E-state index is 3.28. The highest BCUT2D eigenvalue weighted by Crippen LogP contribution is 2.36. The average molecular weight is 385 g/mol. The maximum absolute atomic E-state index is 3.28. The molecule has 0 unspecified atom stereocenters. The monoisotopic (exact) mass is 384 g/mol. The first-order valence-electron chi connectivity index (χ1n) is 11.6. The summed E-state index contributed by atoms with van der Waals surface area (Å²) in [6.07, 6.45) is 15.7. The standard InChI is InChI=1S/C29H36/c1-3-5-9-25-12-14-26(15-13-25)10-6-7-11-27-18-22-29(23-19-27)28-20-16-24(8-4-2)17-21-28/h7,11-17,20-21,27,29H,3-5,8-9,18-19,22-23H2,1-2H3/b11-7+. The molecule has 0 heteroatoms. The van der Waals surface area contributed by atoms with Gasteiger partial charge in [0.1, 0.15) is 0 Å². The highest BCUT2D eigenvalue weighted by Gasteiger charge is 2.20. The van der Waals surface area contributed by atoms with Gasteiger partial charge < -0.3 is 0 Å². The molecule has 1 aliphatic carbocycles. The van der Waals surface area contributed by atoms with Gasteiger partial charge in [-0.15, -0.1) is 0 Å². The van der Waals surface area contributed by atoms with Gasteiger partial charge in [-0.05, 0) is 91.7 Å². The van der Waals surface area contributed by atoms with Crippen molar-refractivity contribution in [2.24, 2.45) is 5.92 Å². The van der Waals surface area contributed by atoms with Crippen LogP contribution in [-0.4, -0.2) is 0 Å². The average Bonchev–Trinajstić information content (AvgIpc) is 2.77. The molecule has 1 aliphatic rings. The summed E-state index contributed by atoms with van der Waals surface area (Å²) in [5.74, 6) is 7.96. The molecule has 2 aromatic rings. The zero-order chi connectivity index (χ0) is 20.3. The van der Waals surface area contributed by atoms with Gasteiger partial charge in [-0.1, -0.05) is 81.0 Å². The molecule has 1 saturated carbocycles. The lowest BCUT2D eigenvalue weighted by Crippen LogP contribution is -2.11. The molecule has 3 rings (SSSR count). The predicted molar refractivity (Wildman–Crippen MR) is 126 cm³/mol. The first kappa shape index (κ1) is 21.4. The Kier molecular flexibility index (Phi) is 8.63. The van der Waals surface area contributed by atoms with E-state index in [1.807, 2.05) is 0 Å². The fraction of sp³-hybridized carbons (Fsp3) is 0.448. The molecule has 0 radical (unpaired) electrons. The van der Waals surface area contributed by atoms with Crippen LogP contribution < -0.4 is 0 Å². The van der Waals surface area contributed by atoms with E-state index in [1.165, 1.54) is 74.5 Å². The van der Waals surface area contributed by atoms with Gasteiger partial charge in [0.05, 0.1) is 0 Å². The lowest BCUT2D eigenvalue weighted by molar-refractivity contribution is 0.376. The quantitative estimate of drug-likeness (QED) is 0.426. The fourth-order valence-electron chi connectivity index (χ4n) is 4.33. The van der Waals surface area contributed by atoms with Crippen molar-refractivity contribution in [2.45, 2.75) is 77.6 Å². The molecule has 0 aromatic heterocycles. The van der Waals surface area contributed by atoms with Crippen LogP contribution in [0.1, 0.15) is 87.0 Å². The summed E-state index contributed by atoms with van der Waals surface area (Å²) < 4.78 is 0. The van der Waals surface area contributed by atoms with E-state index < -0.39 is 0 Å². The summed E-state index contributed by atoms with van der Waals surface area (Å²) in [7, 11) is 0. The minimum atomic E-state index is 0.691. The molecule has 0 heterocycles. The van der Waals surface area contributed by atoms with Crippen LogP contribution in [0.3, 0.4) is 0 Å². The van der Waals surface area contributed by atoms with Crippen LogP contribution in [0.4, 0.5) is 0 Å². The van der Waals surface area contributed by atoms with Crippen LogP contribution in [0, 0.1) is 17.8 Å². The number of hydrogen-bond acceptors (Lipinski definition) is 0. The van der Waals surface area contributed by atoms with Gasteiger partial charge in [0, 0.05) is 5.56 Å². The van der Waals surface area contributed by atoms with Crippen molar-refractivity contribution in [1.82, 2.24) is 0 Å². The summed E-state index contributed by atoms with van der Waals surface area (Å²) in [6.45, 7) is 4.49. The Morgan fingerprint density at radius 3 is 2.10 bits per heavy atom. The second kappa shape index (κ2) is 11.7. The van der Waals surface area contributed by atoms with E-state index >= 15 is 0 Å². The van der Waals surface area contributed by atoms with Crippen LogP contribution in [-0.2, 0) is 12.8 Å². The van der Waals surface area contributed by atoms with Gasteiger partial charge in [0.2, 0.25) is 0 Å². The molecule has 0 spiro atoms. The molecule has 0 saturated heterocycles. The largest absolute Gasteiger partial charge is 0.0730 e. The maximum Gasteiger partial charge on any atom is 0.0249 e. The first-order valence-corrected chi connectivity index (χ1v) is 11.6. The lowest BCUT2D eigenvalue weighted by Gasteiger charge is -2.27. The second-order valence-electron chi connectivity index (χ2n) is 8.53. The van der Waals surface area contributed by atoms with E-state index in [0.29, 0.717) is 5.92 Å². The topological polar surface area (TPSA) is 0 Å². The highest BCUT2D eigenvalue weighted by molar-refractivity contribution is 5.38. The molecule has 2 aromatic carbocycles. The summed E-state index contributed by atoms with van der Waals surface area (Å²) in [4.78, 5) is 0. The molecule has 0 aliphatic heterocycles. The van der Waals surface area contributed by atoms with E-state index in [4.69, 9.17) is 0 Å². The molecule has 0 amide bonds. The Morgan fingerprint density at radius 2 is 1.45 bits per heavy atom. The van der Waals surface area contributed by atoms with Gasteiger partial charge in [0.15, 0.2) is 0 Å². The van der Waals surface area contributed by atoms with Crippen LogP contribution in [0.25, 0.3) is 0 Å². The molecule has 0 atom stereocenters. The van der Waals surface area contributed by atoms with Crippen molar-refractivity contribution in [3.05, 3.63) is 82.9 Å². The summed E-state index contributed by atoms with van der Waals surface area (Å²) in [6, 6.07) is 18.1. The normalized spacial score (nSPS) is 19.1. The van der Waals surface area contributed by atoms with Gasteiger partial charge in [-0.3, -0.25) is 0 Å². The summed E-state index contributed by atoms with van der Waals surface area (Å²) in [5, 5.41) is 0. The fourth-order valence-corrected chi connectivity index (χ4v) is 4.33. The zero-order valence-electron chi connectivity index (χ0n) is 18.3. The van der Waals surface area contributed by atoms with Gasteiger partial charge >= 0.3 is 0 Å². The Bertz CT molecular complexity index is 803. The highest BCUT2D eigenvalue weighted by atomic mass is 14.3. The molecule has 1 fully saturated rings. The van der Waals surface area contributed by atoms with Crippen molar-refractivity contribution in [3.63, 3.8) is 0 Å². The molecule has 152 valence electrons. The van der Waals surface area contributed by atoms with Crippen molar-refractivity contribution < 1.29 is 0 Å². The number of aryl methyl sites for hydroxylation is 2. The minimum Gasteiger partial charge on any atom is -0.0730 e. The van der Waals surface area contributed by atoms with E-state index in [1.54, 1.807) is 0 Å². The summed E-state index contributed by atoms with van der Waals surface area (Å²) >= 11 is 0. The molecule has 0 nitrogen and oxygen atoms in total. The molecule has 29 heavy (non-hydrogen) atoms. The van der Waals surface area contributed by atoms with E-state index in [-0.39, 0.29) is 0 Å². The number of unbranched alkanes of at least 4 members (excludes halogenated alkanes) is 1. The van der Waals surface area contributed by atoms with Crippen molar-refractivity contribution in [2.75, 3.05) is 0 Å². The second-order valence-corrected chi connectivity index (χ2v) is 8.53. The zero-order valence-corrected chi connectivity index (χ0v) is 18.3. The number of hydrogen-bond donors (Lipinski definition) is 0. The molecule has 0 bridgehead atoms. The van der Waals surface area contributed by atoms with Crippen molar-refractivity contribution >= 4 is 0 Å². The van der Waals surface area contributed by atoms with Gasteiger partial charge in [0.25, 0.3) is 0 Å². The Hall–Kier alpha value is -2.26. The molecular weight excluding hydrogens is 348 g/mol. The first-order chi connectivity index (χ1) is 14.3. The lowest BCUT2D eigenvalue weighted by atomic mass is 9.78. The Balaban J connectivity index is 1.44. The van der Waals surface area contributed by atoms with Gasteiger partial charge in [-0.2, -0.15) is 0 Å². The van der Waals surface area contributed by atoms with Crippen molar-refractivity contribution in [3.8, 4) is 11.8 Å². The minimum absolute atomic E-state index is 0.691. The smallest absolute Gasteiger partial charge is 0.0249 e. The predicted octanol–water partition coefficient (Wildman–Crippen LogP) is 7.86. The number of rotatable bonds is 7. The van der Waals surface area contributed by atoms with Crippen LogP contribution in [0.2, 0.25) is 0 Å². The molecular formula is C29H36. The van der Waals surface area contributed by atoms with E-state index in [2.05, 4.69) is 86.4 Å². The third kappa shape index (κ3) is 6.93. The number of allylic oxidation sites excluding steroid dienone is 2. The van der Waals surface area contributed by atoms with E-state index in [0.717, 1.165) is 11.5 Å². The Morgan fingerprint density at radius 1 is 0.793 bits per heavy atom. The third-order valence-corrected chi connectivity index (χ3v) is 6.20. The van der Waals surface area contributed by atoms with Crippen molar-refractivity contribution in [1.29, 1.82) is 0 Å². The SMILES string of the molecule is CCCCc1ccc(C#C/C=C/C2CCC(c3ccc(CCC)cc3)CC2)cc1. The number of benzene rings is 2. The molecule has 0 N–H and O–H groups in total. The van der Waals surface area contributed by atoms with Crippen LogP contribution in [0.5, 0.6) is 0 Å². The van der Waals surface area contributed by atoms with Gasteiger partial charge in [-0.25, -0.2) is 0 Å². The summed E-state index contributed by atoms with van der Waals surface area (Å²) in [5.41, 5.74) is 5.55. The van der Waals surface area contributed by atoms with Crippen LogP contribution >= 0.6 is 0 Å². The third-order valence-electron chi connectivity index (χ3n) is 6.20.